The van der Waals surface area contributed by atoms with E-state index in [0.29, 0.717) is 11.8 Å². The van der Waals surface area contributed by atoms with Gasteiger partial charge in [-0.25, -0.2) is 0 Å². The van der Waals surface area contributed by atoms with Gasteiger partial charge in [0.2, 0.25) is 0 Å². The van der Waals surface area contributed by atoms with E-state index in [1.807, 2.05) is 6.56 Å². The maximum atomic E-state index is 2.66. The topological polar surface area (TPSA) is 0 Å². The zero-order chi connectivity index (χ0) is 15.2. The Morgan fingerprint density at radius 2 is 1.14 bits per heavy atom. The fraction of sp³-hybridized carbons (Fsp3) is 0.556. The molecule has 2 aliphatic carbocycles. The summed E-state index contributed by atoms with van der Waals surface area (Å²) in [4.78, 5) is 0. The normalized spacial score (nSPS) is 18.4. The molecule has 126 valence electrons. The molecule has 0 aromatic rings. The molecule has 0 spiro atoms. The summed E-state index contributed by atoms with van der Waals surface area (Å²) in [7, 11) is 0. The van der Waals surface area contributed by atoms with Gasteiger partial charge in [-0.15, -0.1) is 34.0 Å². The molecule has 0 fully saturated rings. The molecule has 0 N–H and O–H groups in total. The van der Waals surface area contributed by atoms with Crippen molar-refractivity contribution in [2.24, 2.45) is 11.8 Å². The maximum absolute atomic E-state index is 2.94. The van der Waals surface area contributed by atoms with Crippen LogP contribution in [-0.4, -0.2) is 6.88 Å². The van der Waals surface area contributed by atoms with Gasteiger partial charge in [-0.05, 0) is 0 Å². The van der Waals surface area contributed by atoms with Crippen LogP contribution in [-0.2, 0) is 17.4 Å². The van der Waals surface area contributed by atoms with Crippen molar-refractivity contribution in [2.45, 2.75) is 49.8 Å². The van der Waals surface area contributed by atoms with Gasteiger partial charge in [-0.2, -0.15) is 0 Å². The van der Waals surface area contributed by atoms with Crippen molar-refractivity contribution < 1.29 is 17.4 Å². The summed E-state index contributed by atoms with van der Waals surface area (Å²) in [5, 5.41) is 0. The van der Waals surface area contributed by atoms with Crippen LogP contribution in [0.5, 0.6) is 0 Å². The molecule has 0 heterocycles. The van der Waals surface area contributed by atoms with Crippen LogP contribution in [0, 0.1) is 11.8 Å². The molecule has 0 aromatic heterocycles. The van der Waals surface area contributed by atoms with E-state index in [1.165, 1.54) is 12.8 Å². The van der Waals surface area contributed by atoms with Gasteiger partial charge in [0.25, 0.3) is 0 Å². The summed E-state index contributed by atoms with van der Waals surface area (Å²) < 4.78 is 9.01. The third kappa shape index (κ3) is 4.16. The second kappa shape index (κ2) is 7.93. The monoisotopic (exact) mass is 524 g/mol. The average molecular weight is 528 g/mol. The third-order valence-electron chi connectivity index (χ3n) is 5.12. The summed E-state index contributed by atoms with van der Waals surface area (Å²) in [6.07, 6.45) is 12.0. The van der Waals surface area contributed by atoms with Crippen molar-refractivity contribution in [3.63, 3.8) is 0 Å². The van der Waals surface area contributed by atoms with Gasteiger partial charge >= 0.3 is 128 Å². The van der Waals surface area contributed by atoms with Crippen LogP contribution in [0.15, 0.2) is 42.0 Å². The van der Waals surface area contributed by atoms with Crippen LogP contribution in [0.25, 0.3) is 0 Å². The second-order valence-corrected chi connectivity index (χ2v) is 36.8. The zero-order valence-electron chi connectivity index (χ0n) is 14.9. The van der Waals surface area contributed by atoms with Crippen LogP contribution in [0.2, 0.25) is 9.26 Å². The summed E-state index contributed by atoms with van der Waals surface area (Å²) in [6.45, 7) is 11.8. The van der Waals surface area contributed by atoms with Crippen LogP contribution < -0.4 is 0 Å². The number of rotatable bonds is 4. The van der Waals surface area contributed by atoms with E-state index < -0.39 is 17.4 Å². The van der Waals surface area contributed by atoms with E-state index >= 15 is 0 Å². The first-order chi connectivity index (χ1) is 9.13. The quantitative estimate of drug-likeness (QED) is 0.381. The van der Waals surface area contributed by atoms with E-state index in [0.717, 1.165) is 0 Å². The Balaban J connectivity index is 0.00000220. The molecule has 0 radical (unpaired) electrons. The Morgan fingerprint density at radius 3 is 1.41 bits per heavy atom. The Bertz CT molecular complexity index is 565. The molecule has 0 atom stereocenters. The van der Waals surface area contributed by atoms with Crippen LogP contribution in [0.4, 0.5) is 0 Å². The Morgan fingerprint density at radius 1 is 0.818 bits per heavy atom. The molecule has 4 heteroatoms. The molecule has 0 nitrogen and oxygen atoms in total. The van der Waals surface area contributed by atoms with Gasteiger partial charge in [0.15, 0.2) is 0 Å². The van der Waals surface area contributed by atoms with E-state index in [2.05, 4.69) is 68.1 Å². The first-order valence-corrected chi connectivity index (χ1v) is 21.3. The fourth-order valence-corrected chi connectivity index (χ4v) is 19.1. The van der Waals surface area contributed by atoms with Crippen LogP contribution >= 0.6 is 34.0 Å². The van der Waals surface area contributed by atoms with Gasteiger partial charge in [-0.3, -0.25) is 0 Å². The van der Waals surface area contributed by atoms with E-state index in [1.54, 1.807) is 11.1 Å². The number of halogens is 2. The van der Waals surface area contributed by atoms with Crippen molar-refractivity contribution in [2.75, 3.05) is 0 Å². The minimum absolute atomic E-state index is 0. The molecule has 2 rings (SSSR count). The standard InChI is InChI=1S/2C8H11.2CH3.2BrH.H2Si.Zr/c2*1-7(2)8-5-3-4-6-8;;;;;;/h2*3,5,7H,4H2,1-2H3;2*1H3;2*1H;1H2;. The fourth-order valence-electron chi connectivity index (χ4n) is 3.89. The third-order valence-corrected chi connectivity index (χ3v) is 22.1. The molecular weight excluding hydrogens is 495 g/mol. The van der Waals surface area contributed by atoms with Crippen molar-refractivity contribution in [3.05, 3.63) is 42.0 Å². The summed E-state index contributed by atoms with van der Waals surface area (Å²) >= 11 is -2.94. The predicted molar refractivity (Wildman–Crippen MR) is 112 cm³/mol. The predicted octanol–water partition coefficient (Wildman–Crippen LogP) is 6.22. The molecule has 0 bridgehead atoms. The van der Waals surface area contributed by atoms with Gasteiger partial charge < -0.3 is 0 Å². The molecule has 0 unspecified atom stereocenters. The van der Waals surface area contributed by atoms with Crippen molar-refractivity contribution in [3.8, 4) is 0 Å². The van der Waals surface area contributed by atoms with Crippen LogP contribution in [0.1, 0.15) is 40.5 Å². The van der Waals surface area contributed by atoms with Gasteiger partial charge in [0, 0.05) is 0 Å². The van der Waals surface area contributed by atoms with E-state index in [4.69, 9.17) is 0 Å². The number of hydrogen-bond donors (Lipinski definition) is 0. The summed E-state index contributed by atoms with van der Waals surface area (Å²) in [6, 6.07) is 0. The molecule has 0 aliphatic heterocycles. The molecular formula is C18H32Br2SiZr. The number of hydrogen-bond acceptors (Lipinski definition) is 0. The van der Waals surface area contributed by atoms with E-state index in [-0.39, 0.29) is 34.0 Å². The Hall–Kier alpha value is 1.02. The molecule has 2 aliphatic rings. The Labute approximate surface area is 160 Å². The SMILES string of the molecule is Br.Br.CC(C)C1=[C]([Zr]([CH3])([CH3])(=[SiH2])[C]2=C(C(C)C)C=CC2)CC=C1. The summed E-state index contributed by atoms with van der Waals surface area (Å²) in [5.41, 5.74) is 3.30. The van der Waals surface area contributed by atoms with Gasteiger partial charge in [0.1, 0.15) is 0 Å². The minimum atomic E-state index is -2.94. The molecule has 0 saturated heterocycles. The molecule has 22 heavy (non-hydrogen) atoms. The second-order valence-electron chi connectivity index (χ2n) is 8.08. The van der Waals surface area contributed by atoms with Gasteiger partial charge in [-0.1, -0.05) is 0 Å². The van der Waals surface area contributed by atoms with Crippen molar-refractivity contribution >= 4 is 40.8 Å². The van der Waals surface area contributed by atoms with Crippen molar-refractivity contribution in [1.82, 2.24) is 0 Å². The first kappa shape index (κ1) is 23.0. The molecule has 0 amide bonds. The molecule has 0 aromatic carbocycles. The zero-order valence-corrected chi connectivity index (χ0v) is 22.2. The number of allylic oxidation sites excluding steroid dienone is 8. The van der Waals surface area contributed by atoms with Crippen molar-refractivity contribution in [1.29, 1.82) is 0 Å². The summed E-state index contributed by atoms with van der Waals surface area (Å²) in [5.74, 6) is 1.33. The Kier molecular flexibility index (Phi) is 8.30. The van der Waals surface area contributed by atoms with Crippen LogP contribution in [0.3, 0.4) is 0 Å². The van der Waals surface area contributed by atoms with Gasteiger partial charge in [0.05, 0.1) is 0 Å². The first-order valence-electron chi connectivity index (χ1n) is 8.01. The molecule has 0 saturated carbocycles. The average Bonchev–Trinajstić information content (AvgIpc) is 2.98. The van der Waals surface area contributed by atoms with E-state index in [9.17, 15) is 0 Å².